The topological polar surface area (TPSA) is 52.4 Å². The fourth-order valence-corrected chi connectivity index (χ4v) is 2.51. The zero-order valence-corrected chi connectivity index (χ0v) is 10.8. The molecular formula is C13H13NO3S. The molecule has 0 bridgehead atoms. The van der Waals surface area contributed by atoms with Crippen molar-refractivity contribution in [2.75, 3.05) is 12.4 Å². The zero-order chi connectivity index (χ0) is 13.0. The van der Waals surface area contributed by atoms with Gasteiger partial charge in [-0.25, -0.2) is 4.79 Å². The summed E-state index contributed by atoms with van der Waals surface area (Å²) in [6.45, 7) is 1.96. The van der Waals surface area contributed by atoms with E-state index in [1.165, 1.54) is 6.20 Å². The molecule has 5 heteroatoms. The van der Waals surface area contributed by atoms with Gasteiger partial charge in [0.25, 0.3) is 0 Å². The van der Waals surface area contributed by atoms with Gasteiger partial charge in [-0.15, -0.1) is 11.8 Å². The Morgan fingerprint density at radius 2 is 2.28 bits per heavy atom. The van der Waals surface area contributed by atoms with E-state index in [0.717, 1.165) is 4.90 Å². The highest BCUT2D eigenvalue weighted by molar-refractivity contribution is 7.99. The molecule has 0 saturated carbocycles. The van der Waals surface area contributed by atoms with Gasteiger partial charge in [0.05, 0.1) is 12.2 Å². The lowest BCUT2D eigenvalue weighted by Gasteiger charge is -2.12. The summed E-state index contributed by atoms with van der Waals surface area (Å²) in [4.78, 5) is 12.8. The first kappa shape index (κ1) is 12.7. The highest BCUT2D eigenvalue weighted by atomic mass is 32.2. The molecule has 0 N–H and O–H groups in total. The monoisotopic (exact) mass is 263 g/mol. The lowest BCUT2D eigenvalue weighted by atomic mass is 10.1. The van der Waals surface area contributed by atoms with Gasteiger partial charge in [-0.1, -0.05) is 12.1 Å². The van der Waals surface area contributed by atoms with E-state index < -0.39 is 5.97 Å². The first-order valence-corrected chi connectivity index (χ1v) is 6.62. The molecule has 0 radical (unpaired) electrons. The Balaban J connectivity index is 2.55. The van der Waals surface area contributed by atoms with E-state index in [-0.39, 0.29) is 12.3 Å². The summed E-state index contributed by atoms with van der Waals surface area (Å²) in [6, 6.07) is 7.34. The van der Waals surface area contributed by atoms with Gasteiger partial charge >= 0.3 is 11.7 Å². The summed E-state index contributed by atoms with van der Waals surface area (Å²) in [6.07, 6.45) is 3.09. The molecule has 1 heterocycles. The number of ether oxygens (including phenoxy) is 1. The van der Waals surface area contributed by atoms with E-state index in [2.05, 4.69) is 0 Å². The van der Waals surface area contributed by atoms with Gasteiger partial charge in [0.1, 0.15) is 0 Å². The summed E-state index contributed by atoms with van der Waals surface area (Å²) in [7, 11) is 0. The molecular weight excluding hydrogens is 250 g/mol. The van der Waals surface area contributed by atoms with Crippen LogP contribution in [0.2, 0.25) is 0 Å². The summed E-state index contributed by atoms with van der Waals surface area (Å²) in [5.74, 6) is 0.110. The third kappa shape index (κ3) is 2.56. The molecule has 1 aliphatic heterocycles. The van der Waals surface area contributed by atoms with Crippen LogP contribution in [0.5, 0.6) is 0 Å². The summed E-state index contributed by atoms with van der Waals surface area (Å²) >= 11 is 1.58. The maximum atomic E-state index is 11.9. The SMILES string of the molecule is CCOC(=O)/C1=[N+]([O-])/C=C\CSc2ccccc21. The van der Waals surface area contributed by atoms with E-state index >= 15 is 0 Å². The maximum absolute atomic E-state index is 11.9. The van der Waals surface area contributed by atoms with Crippen molar-refractivity contribution in [1.29, 1.82) is 0 Å². The smallest absolute Gasteiger partial charge is 0.405 e. The second kappa shape index (κ2) is 5.73. The average molecular weight is 263 g/mol. The van der Waals surface area contributed by atoms with Crippen molar-refractivity contribution in [2.24, 2.45) is 0 Å². The van der Waals surface area contributed by atoms with Gasteiger partial charge in [-0.2, -0.15) is 4.74 Å². The van der Waals surface area contributed by atoms with Gasteiger partial charge in [-0.05, 0) is 25.1 Å². The van der Waals surface area contributed by atoms with E-state index in [1.807, 2.05) is 12.1 Å². The van der Waals surface area contributed by atoms with Gasteiger partial charge in [-0.3, -0.25) is 0 Å². The Labute approximate surface area is 110 Å². The summed E-state index contributed by atoms with van der Waals surface area (Å²) in [5, 5.41) is 11.9. The predicted octanol–water partition coefficient (Wildman–Crippen LogP) is 2.17. The van der Waals surface area contributed by atoms with Crippen molar-refractivity contribution in [3.63, 3.8) is 0 Å². The van der Waals surface area contributed by atoms with E-state index in [9.17, 15) is 10.0 Å². The van der Waals surface area contributed by atoms with Crippen molar-refractivity contribution in [3.05, 3.63) is 47.3 Å². The number of carbonyl (C=O) groups excluding carboxylic acids is 1. The molecule has 0 saturated heterocycles. The molecule has 0 aromatic heterocycles. The zero-order valence-electron chi connectivity index (χ0n) is 9.96. The highest BCUT2D eigenvalue weighted by Crippen LogP contribution is 2.25. The molecule has 0 fully saturated rings. The highest BCUT2D eigenvalue weighted by Gasteiger charge is 2.27. The average Bonchev–Trinajstić information content (AvgIpc) is 2.34. The molecule has 1 aliphatic rings. The van der Waals surface area contributed by atoms with Crippen LogP contribution >= 0.6 is 11.8 Å². The second-order valence-electron chi connectivity index (χ2n) is 3.59. The number of hydroxylamine groups is 1. The first-order valence-electron chi connectivity index (χ1n) is 5.63. The third-order valence-corrected chi connectivity index (χ3v) is 3.43. The third-order valence-electron chi connectivity index (χ3n) is 2.41. The number of hydrogen-bond acceptors (Lipinski definition) is 4. The van der Waals surface area contributed by atoms with E-state index in [0.29, 0.717) is 16.1 Å². The minimum absolute atomic E-state index is 0.0379. The van der Waals surface area contributed by atoms with Crippen LogP contribution in [0.15, 0.2) is 41.4 Å². The van der Waals surface area contributed by atoms with E-state index in [4.69, 9.17) is 4.74 Å². The molecule has 94 valence electrons. The summed E-state index contributed by atoms with van der Waals surface area (Å²) in [5.41, 5.74) is 0.663. The largest absolute Gasteiger partial charge is 0.618 e. The predicted molar refractivity (Wildman–Crippen MR) is 70.7 cm³/mol. The number of hydrogen-bond donors (Lipinski definition) is 0. The van der Waals surface area contributed by atoms with Crippen LogP contribution in [0, 0.1) is 5.21 Å². The number of esters is 1. The molecule has 2 rings (SSSR count). The van der Waals surface area contributed by atoms with Crippen molar-refractivity contribution in [2.45, 2.75) is 11.8 Å². The fourth-order valence-electron chi connectivity index (χ4n) is 1.66. The van der Waals surface area contributed by atoms with Gasteiger partial charge in [0.15, 0.2) is 6.20 Å². The number of thioether (sulfide) groups is 1. The number of fused-ring (bicyclic) bond motifs is 1. The standard InChI is InChI=1S/C13H13NO3S/c1-2-17-13(15)12-10-6-3-4-7-11(10)18-9-5-8-14(12)16/h3-8H,2,9H2,1H3/b8-5-,14-12-. The Morgan fingerprint density at radius 3 is 3.06 bits per heavy atom. The van der Waals surface area contributed by atoms with Gasteiger partial charge < -0.3 is 9.94 Å². The molecule has 0 atom stereocenters. The number of rotatable bonds is 2. The molecule has 18 heavy (non-hydrogen) atoms. The van der Waals surface area contributed by atoms with Crippen LogP contribution in [-0.4, -0.2) is 28.8 Å². The lowest BCUT2D eigenvalue weighted by molar-refractivity contribution is -0.378. The van der Waals surface area contributed by atoms with E-state index in [1.54, 1.807) is 36.9 Å². The molecule has 1 aromatic rings. The number of benzene rings is 1. The van der Waals surface area contributed by atoms with Crippen LogP contribution in [0.25, 0.3) is 0 Å². The van der Waals surface area contributed by atoms with Crippen LogP contribution < -0.4 is 0 Å². The van der Waals surface area contributed by atoms with Crippen molar-refractivity contribution >= 4 is 23.4 Å². The fraction of sp³-hybridized carbons (Fsp3) is 0.231. The minimum atomic E-state index is -0.591. The maximum Gasteiger partial charge on any atom is 0.405 e. The Kier molecular flexibility index (Phi) is 4.04. The second-order valence-corrected chi connectivity index (χ2v) is 4.65. The molecule has 1 aromatic carbocycles. The molecule has 0 unspecified atom stereocenters. The van der Waals surface area contributed by atoms with Crippen molar-refractivity contribution < 1.29 is 14.3 Å². The lowest BCUT2D eigenvalue weighted by Crippen LogP contribution is -2.26. The normalized spacial score (nSPS) is 20.5. The van der Waals surface area contributed by atoms with Gasteiger partial charge in [0.2, 0.25) is 0 Å². The number of carbonyl (C=O) groups is 1. The van der Waals surface area contributed by atoms with Crippen LogP contribution in [0.1, 0.15) is 12.5 Å². The Bertz CT molecular complexity index is 523. The van der Waals surface area contributed by atoms with Crippen LogP contribution in [0.3, 0.4) is 0 Å². The van der Waals surface area contributed by atoms with Crippen molar-refractivity contribution in [3.8, 4) is 0 Å². The first-order chi connectivity index (χ1) is 8.74. The van der Waals surface area contributed by atoms with Crippen molar-refractivity contribution in [1.82, 2.24) is 0 Å². The Hall–Kier alpha value is -1.75. The molecule has 0 aliphatic carbocycles. The molecule has 4 nitrogen and oxygen atoms in total. The van der Waals surface area contributed by atoms with Gasteiger partial charge in [0, 0.05) is 10.6 Å². The van der Waals surface area contributed by atoms with Crippen LogP contribution in [0.4, 0.5) is 0 Å². The molecule has 0 amide bonds. The quantitative estimate of drug-likeness (QED) is 0.466. The summed E-state index contributed by atoms with van der Waals surface area (Å²) < 4.78 is 5.52. The minimum Gasteiger partial charge on any atom is -0.618 e. The Morgan fingerprint density at radius 1 is 1.50 bits per heavy atom. The number of nitrogens with zero attached hydrogens (tertiary/aromatic N) is 1. The molecule has 0 spiro atoms. The van der Waals surface area contributed by atoms with Crippen LogP contribution in [-0.2, 0) is 9.53 Å².